The molecule has 1 aromatic carbocycles. The van der Waals surface area contributed by atoms with Crippen molar-refractivity contribution in [1.82, 2.24) is 4.98 Å². The molecule has 0 saturated carbocycles. The van der Waals surface area contributed by atoms with Crippen molar-refractivity contribution in [1.29, 1.82) is 0 Å². The highest BCUT2D eigenvalue weighted by atomic mass is 16.5. The van der Waals surface area contributed by atoms with Gasteiger partial charge in [0.25, 0.3) is 0 Å². The summed E-state index contributed by atoms with van der Waals surface area (Å²) in [6.07, 6.45) is 1.67. The Morgan fingerprint density at radius 3 is 2.68 bits per heavy atom. The summed E-state index contributed by atoms with van der Waals surface area (Å²) < 4.78 is 15.9. The van der Waals surface area contributed by atoms with Crippen LogP contribution in [-0.4, -0.2) is 19.2 Å². The highest BCUT2D eigenvalue weighted by Crippen LogP contribution is 2.27. The fraction of sp³-hybridized carbons (Fsp3) is 0.214. The zero-order chi connectivity index (χ0) is 13.7. The summed E-state index contributed by atoms with van der Waals surface area (Å²) in [6.45, 7) is 0.341. The van der Waals surface area contributed by atoms with Crippen LogP contribution < -0.4 is 19.9 Å². The Labute approximate surface area is 111 Å². The topological polar surface area (TPSA) is 66.6 Å². The van der Waals surface area contributed by atoms with Gasteiger partial charge in [-0.25, -0.2) is 4.98 Å². The van der Waals surface area contributed by atoms with Crippen LogP contribution in [0.25, 0.3) is 0 Å². The highest BCUT2D eigenvalue weighted by molar-refractivity contribution is 5.56. The van der Waals surface area contributed by atoms with Crippen LogP contribution in [0.1, 0.15) is 5.56 Å². The molecule has 0 saturated heterocycles. The number of pyridine rings is 1. The summed E-state index contributed by atoms with van der Waals surface area (Å²) >= 11 is 0. The first-order chi connectivity index (χ1) is 9.24. The minimum absolute atomic E-state index is 0.341. The second kappa shape index (κ2) is 5.95. The van der Waals surface area contributed by atoms with Gasteiger partial charge in [-0.15, -0.1) is 0 Å². The second-order valence-corrected chi connectivity index (χ2v) is 3.86. The minimum Gasteiger partial charge on any atom is -0.497 e. The highest BCUT2D eigenvalue weighted by Gasteiger charge is 2.06. The van der Waals surface area contributed by atoms with Crippen LogP contribution in [0.3, 0.4) is 0 Å². The Kier molecular flexibility index (Phi) is 4.07. The predicted octanol–water partition coefficient (Wildman–Crippen LogP) is 2.26. The van der Waals surface area contributed by atoms with Crippen molar-refractivity contribution in [2.24, 2.45) is 0 Å². The van der Waals surface area contributed by atoms with E-state index in [-0.39, 0.29) is 0 Å². The van der Waals surface area contributed by atoms with Crippen LogP contribution in [0.5, 0.6) is 17.4 Å². The van der Waals surface area contributed by atoms with Crippen molar-refractivity contribution < 1.29 is 14.2 Å². The smallest absolute Gasteiger partial charge is 0.219 e. The Bertz CT molecular complexity index is 558. The molecule has 0 amide bonds. The zero-order valence-corrected chi connectivity index (χ0v) is 10.9. The van der Waals surface area contributed by atoms with E-state index in [4.69, 9.17) is 19.9 Å². The Morgan fingerprint density at radius 1 is 1.16 bits per heavy atom. The third-order valence-electron chi connectivity index (χ3n) is 2.64. The third kappa shape index (κ3) is 3.07. The molecule has 0 aliphatic rings. The van der Waals surface area contributed by atoms with Crippen LogP contribution in [-0.2, 0) is 6.61 Å². The first-order valence-corrected chi connectivity index (χ1v) is 5.78. The summed E-state index contributed by atoms with van der Waals surface area (Å²) in [5.74, 6) is 1.85. The van der Waals surface area contributed by atoms with E-state index in [1.807, 2.05) is 12.1 Å². The van der Waals surface area contributed by atoms with Crippen LogP contribution in [0, 0.1) is 0 Å². The van der Waals surface area contributed by atoms with Gasteiger partial charge in [-0.05, 0) is 24.3 Å². The molecule has 0 aliphatic carbocycles. The molecule has 100 valence electrons. The molecule has 0 aliphatic heterocycles. The number of nitrogen functional groups attached to an aromatic ring is 1. The standard InChI is InChI=1S/C14H16N2O3/c1-17-11-5-6-13(12(15)8-11)19-9-10-4-3-7-16-14(10)18-2/h3-8H,9,15H2,1-2H3. The maximum Gasteiger partial charge on any atom is 0.219 e. The van der Waals surface area contributed by atoms with Gasteiger partial charge in [0.05, 0.1) is 25.5 Å². The molecule has 0 fully saturated rings. The molecule has 0 radical (unpaired) electrons. The fourth-order valence-electron chi connectivity index (χ4n) is 1.66. The minimum atomic E-state index is 0.341. The number of hydrogen-bond donors (Lipinski definition) is 1. The van der Waals surface area contributed by atoms with Gasteiger partial charge in [-0.2, -0.15) is 0 Å². The van der Waals surface area contributed by atoms with Crippen molar-refractivity contribution >= 4 is 5.69 Å². The lowest BCUT2D eigenvalue weighted by molar-refractivity contribution is 0.295. The molecule has 1 aromatic heterocycles. The van der Waals surface area contributed by atoms with Gasteiger partial charge in [0.1, 0.15) is 18.1 Å². The average Bonchev–Trinajstić information content (AvgIpc) is 2.46. The van der Waals surface area contributed by atoms with E-state index in [1.54, 1.807) is 38.6 Å². The van der Waals surface area contributed by atoms with Crippen molar-refractivity contribution in [3.05, 3.63) is 42.1 Å². The van der Waals surface area contributed by atoms with Crippen LogP contribution in [0.2, 0.25) is 0 Å². The van der Waals surface area contributed by atoms with Crippen LogP contribution in [0.15, 0.2) is 36.5 Å². The van der Waals surface area contributed by atoms with E-state index in [0.717, 1.165) is 5.56 Å². The Morgan fingerprint density at radius 2 is 2.00 bits per heavy atom. The van der Waals surface area contributed by atoms with Crippen molar-refractivity contribution in [2.45, 2.75) is 6.61 Å². The lowest BCUT2D eigenvalue weighted by Gasteiger charge is -2.11. The number of benzene rings is 1. The van der Waals surface area contributed by atoms with E-state index < -0.39 is 0 Å². The molecule has 1 heterocycles. The van der Waals surface area contributed by atoms with Crippen LogP contribution in [0.4, 0.5) is 5.69 Å². The van der Waals surface area contributed by atoms with E-state index in [9.17, 15) is 0 Å². The monoisotopic (exact) mass is 260 g/mol. The van der Waals surface area contributed by atoms with Gasteiger partial charge in [0, 0.05) is 12.3 Å². The first-order valence-electron chi connectivity index (χ1n) is 5.78. The quantitative estimate of drug-likeness (QED) is 0.835. The molecule has 2 aromatic rings. The van der Waals surface area contributed by atoms with E-state index in [2.05, 4.69) is 4.98 Å². The number of nitrogens with zero attached hydrogens (tertiary/aromatic N) is 1. The molecular formula is C14H16N2O3. The summed E-state index contributed by atoms with van der Waals surface area (Å²) in [6, 6.07) is 9.02. The summed E-state index contributed by atoms with van der Waals surface area (Å²) in [7, 11) is 3.17. The predicted molar refractivity (Wildman–Crippen MR) is 72.5 cm³/mol. The van der Waals surface area contributed by atoms with E-state index in [0.29, 0.717) is 29.7 Å². The number of methoxy groups -OCH3 is 2. The second-order valence-electron chi connectivity index (χ2n) is 3.86. The van der Waals surface area contributed by atoms with Crippen molar-refractivity contribution in [3.8, 4) is 17.4 Å². The first kappa shape index (κ1) is 13.0. The molecule has 0 unspecified atom stereocenters. The zero-order valence-electron chi connectivity index (χ0n) is 10.9. The Hall–Kier alpha value is -2.43. The lowest BCUT2D eigenvalue weighted by Crippen LogP contribution is -2.02. The van der Waals surface area contributed by atoms with Gasteiger partial charge in [0.15, 0.2) is 0 Å². The number of aromatic nitrogens is 1. The average molecular weight is 260 g/mol. The number of ether oxygens (including phenoxy) is 3. The van der Waals surface area contributed by atoms with Gasteiger partial charge in [-0.1, -0.05) is 0 Å². The third-order valence-corrected chi connectivity index (χ3v) is 2.64. The van der Waals surface area contributed by atoms with Crippen molar-refractivity contribution in [3.63, 3.8) is 0 Å². The molecule has 5 heteroatoms. The lowest BCUT2D eigenvalue weighted by atomic mass is 10.2. The summed E-state index contributed by atoms with van der Waals surface area (Å²) in [4.78, 5) is 4.11. The maximum absolute atomic E-state index is 5.88. The number of rotatable bonds is 5. The number of nitrogens with two attached hydrogens (primary N) is 1. The molecule has 0 atom stereocenters. The molecule has 2 N–H and O–H groups in total. The summed E-state index contributed by atoms with van der Waals surface area (Å²) in [5, 5.41) is 0. The Balaban J connectivity index is 2.10. The van der Waals surface area contributed by atoms with Gasteiger partial charge >= 0.3 is 0 Å². The van der Waals surface area contributed by atoms with Crippen LogP contribution >= 0.6 is 0 Å². The molecule has 0 spiro atoms. The fourth-order valence-corrected chi connectivity index (χ4v) is 1.66. The molecule has 0 bridgehead atoms. The van der Waals surface area contributed by atoms with E-state index in [1.165, 1.54) is 0 Å². The van der Waals surface area contributed by atoms with Crippen molar-refractivity contribution in [2.75, 3.05) is 20.0 Å². The number of hydrogen-bond acceptors (Lipinski definition) is 5. The molecule has 5 nitrogen and oxygen atoms in total. The van der Waals surface area contributed by atoms with E-state index >= 15 is 0 Å². The largest absolute Gasteiger partial charge is 0.497 e. The molecule has 19 heavy (non-hydrogen) atoms. The molecule has 2 rings (SSSR count). The summed E-state index contributed by atoms with van der Waals surface area (Å²) in [5.41, 5.74) is 7.27. The molecular weight excluding hydrogens is 244 g/mol. The van der Waals surface area contributed by atoms with Gasteiger partial charge in [0.2, 0.25) is 5.88 Å². The number of anilines is 1. The normalized spacial score (nSPS) is 10.0. The van der Waals surface area contributed by atoms with Gasteiger partial charge in [-0.3, -0.25) is 0 Å². The van der Waals surface area contributed by atoms with Gasteiger partial charge < -0.3 is 19.9 Å². The maximum atomic E-state index is 5.88. The SMILES string of the molecule is COc1ccc(OCc2cccnc2OC)c(N)c1.